The normalized spacial score (nSPS) is 11.1. The van der Waals surface area contributed by atoms with Crippen molar-refractivity contribution < 1.29 is 0 Å². The van der Waals surface area contributed by atoms with Gasteiger partial charge in [0.1, 0.15) is 11.4 Å². The Hall–Kier alpha value is -3.05. The third-order valence-electron chi connectivity index (χ3n) is 3.92. The van der Waals surface area contributed by atoms with Gasteiger partial charge in [-0.1, -0.05) is 65.9 Å². The van der Waals surface area contributed by atoms with Crippen molar-refractivity contribution in [2.24, 2.45) is 4.99 Å². The van der Waals surface area contributed by atoms with Gasteiger partial charge in [0.25, 0.3) is 0 Å². The molecule has 0 aliphatic rings. The fourth-order valence-electron chi connectivity index (χ4n) is 2.68. The molecule has 0 saturated heterocycles. The van der Waals surface area contributed by atoms with Crippen molar-refractivity contribution in [3.05, 3.63) is 95.1 Å². The number of benzene rings is 3. The van der Waals surface area contributed by atoms with Gasteiger partial charge in [0, 0.05) is 10.0 Å². The van der Waals surface area contributed by atoms with Crippen LogP contribution < -0.4 is 0 Å². The first-order valence-corrected chi connectivity index (χ1v) is 8.97. The maximum atomic E-state index is 4.58. The lowest BCUT2D eigenvalue weighted by molar-refractivity contribution is 0.807. The molecule has 0 fully saturated rings. The molecule has 0 aliphatic heterocycles. The fraction of sp³-hybridized carbons (Fsp3) is 0. The Balaban J connectivity index is 1.83. The van der Waals surface area contributed by atoms with E-state index in [2.05, 4.69) is 31.2 Å². The Bertz CT molecular complexity index is 1040. The van der Waals surface area contributed by atoms with E-state index in [4.69, 9.17) is 0 Å². The third kappa shape index (κ3) is 3.34. The number of hydrogen-bond acceptors (Lipinski definition) is 3. The SMILES string of the molecule is Brc1ccccc1N=Cc1nnn(-c2ccccc2)c1-c1ccccc1. The molecule has 4 aromatic rings. The molecule has 0 saturated carbocycles. The molecule has 0 radical (unpaired) electrons. The summed E-state index contributed by atoms with van der Waals surface area (Å²) < 4.78 is 2.78. The van der Waals surface area contributed by atoms with Crippen molar-refractivity contribution in [1.29, 1.82) is 0 Å². The lowest BCUT2D eigenvalue weighted by Crippen LogP contribution is -1.99. The van der Waals surface area contributed by atoms with Gasteiger partial charge in [0.15, 0.2) is 0 Å². The predicted molar refractivity (Wildman–Crippen MR) is 108 cm³/mol. The number of hydrogen-bond donors (Lipinski definition) is 0. The second kappa shape index (κ2) is 7.45. The van der Waals surface area contributed by atoms with Crippen molar-refractivity contribution in [3.63, 3.8) is 0 Å². The first kappa shape index (κ1) is 16.4. The molecule has 0 unspecified atom stereocenters. The Morgan fingerprint density at radius 1 is 0.808 bits per heavy atom. The van der Waals surface area contributed by atoms with E-state index in [9.17, 15) is 0 Å². The Morgan fingerprint density at radius 2 is 1.46 bits per heavy atom. The van der Waals surface area contributed by atoms with Crippen molar-refractivity contribution in [1.82, 2.24) is 15.0 Å². The minimum absolute atomic E-state index is 0.718. The van der Waals surface area contributed by atoms with Crippen LogP contribution in [0.1, 0.15) is 5.69 Å². The molecule has 0 aliphatic carbocycles. The highest BCUT2D eigenvalue weighted by atomic mass is 79.9. The Morgan fingerprint density at radius 3 is 2.19 bits per heavy atom. The lowest BCUT2D eigenvalue weighted by Gasteiger charge is -2.07. The standard InChI is InChI=1S/C21H15BrN4/c22-18-13-7-8-14-19(18)23-15-20-21(16-9-3-1-4-10-16)26(25-24-20)17-11-5-2-6-12-17/h1-15H. The van der Waals surface area contributed by atoms with E-state index in [-0.39, 0.29) is 0 Å². The summed E-state index contributed by atoms with van der Waals surface area (Å²) in [6.45, 7) is 0. The molecule has 1 aromatic heterocycles. The van der Waals surface area contributed by atoms with E-state index in [1.54, 1.807) is 6.21 Å². The van der Waals surface area contributed by atoms with Crippen LogP contribution in [-0.2, 0) is 0 Å². The van der Waals surface area contributed by atoms with Crippen LogP contribution in [0.3, 0.4) is 0 Å². The van der Waals surface area contributed by atoms with E-state index in [1.165, 1.54) is 0 Å². The summed E-state index contributed by atoms with van der Waals surface area (Å²) in [5, 5.41) is 8.72. The van der Waals surface area contributed by atoms with Crippen LogP contribution in [0, 0.1) is 0 Å². The van der Waals surface area contributed by atoms with E-state index in [0.29, 0.717) is 0 Å². The third-order valence-corrected chi connectivity index (χ3v) is 4.59. The van der Waals surface area contributed by atoms with Gasteiger partial charge in [-0.2, -0.15) is 0 Å². The molecule has 0 bridgehead atoms. The molecule has 4 rings (SSSR count). The highest BCUT2D eigenvalue weighted by molar-refractivity contribution is 9.10. The van der Waals surface area contributed by atoms with E-state index >= 15 is 0 Å². The zero-order chi connectivity index (χ0) is 17.8. The van der Waals surface area contributed by atoms with Crippen LogP contribution in [-0.4, -0.2) is 21.2 Å². The van der Waals surface area contributed by atoms with Gasteiger partial charge in [-0.15, -0.1) is 5.10 Å². The Labute approximate surface area is 160 Å². The van der Waals surface area contributed by atoms with E-state index < -0.39 is 0 Å². The summed E-state index contributed by atoms with van der Waals surface area (Å²) in [6, 6.07) is 27.9. The zero-order valence-electron chi connectivity index (χ0n) is 13.8. The van der Waals surface area contributed by atoms with Gasteiger partial charge in [0.05, 0.1) is 17.6 Å². The van der Waals surface area contributed by atoms with Crippen LogP contribution in [0.4, 0.5) is 5.69 Å². The van der Waals surface area contributed by atoms with Crippen LogP contribution in [0.5, 0.6) is 0 Å². The minimum Gasteiger partial charge on any atom is -0.253 e. The molecule has 26 heavy (non-hydrogen) atoms. The summed E-state index contributed by atoms with van der Waals surface area (Å²) in [7, 11) is 0. The second-order valence-corrected chi connectivity index (χ2v) is 6.50. The quantitative estimate of drug-likeness (QED) is 0.426. The molecule has 0 spiro atoms. The van der Waals surface area contributed by atoms with E-state index in [0.717, 1.165) is 32.8 Å². The summed E-state index contributed by atoms with van der Waals surface area (Å²) in [4.78, 5) is 4.58. The summed E-state index contributed by atoms with van der Waals surface area (Å²) in [6.07, 6.45) is 1.76. The molecule has 126 valence electrons. The second-order valence-electron chi connectivity index (χ2n) is 5.65. The first-order chi connectivity index (χ1) is 12.8. The molecular formula is C21H15BrN4. The maximum Gasteiger partial charge on any atom is 0.132 e. The topological polar surface area (TPSA) is 43.1 Å². The van der Waals surface area contributed by atoms with Crippen LogP contribution in [0.2, 0.25) is 0 Å². The number of nitrogens with zero attached hydrogens (tertiary/aromatic N) is 4. The van der Waals surface area contributed by atoms with Crippen LogP contribution in [0.25, 0.3) is 16.9 Å². The van der Waals surface area contributed by atoms with Crippen molar-refractivity contribution in [2.75, 3.05) is 0 Å². The van der Waals surface area contributed by atoms with E-state index in [1.807, 2.05) is 89.6 Å². The largest absolute Gasteiger partial charge is 0.253 e. The van der Waals surface area contributed by atoms with Gasteiger partial charge >= 0.3 is 0 Å². The summed E-state index contributed by atoms with van der Waals surface area (Å²) in [5.41, 5.74) is 4.47. The zero-order valence-corrected chi connectivity index (χ0v) is 15.4. The molecule has 0 N–H and O–H groups in total. The molecular weight excluding hydrogens is 388 g/mol. The number of rotatable bonds is 4. The molecule has 0 amide bonds. The van der Waals surface area contributed by atoms with Crippen molar-refractivity contribution in [3.8, 4) is 16.9 Å². The summed E-state index contributed by atoms with van der Waals surface area (Å²) in [5.74, 6) is 0. The van der Waals surface area contributed by atoms with Crippen molar-refractivity contribution >= 4 is 27.8 Å². The smallest absolute Gasteiger partial charge is 0.132 e. The van der Waals surface area contributed by atoms with Gasteiger partial charge in [-0.25, -0.2) is 4.68 Å². The Kier molecular flexibility index (Phi) is 4.71. The number of aliphatic imine (C=N–C) groups is 1. The molecule has 3 aromatic carbocycles. The lowest BCUT2D eigenvalue weighted by atomic mass is 10.1. The average molecular weight is 403 g/mol. The van der Waals surface area contributed by atoms with Crippen molar-refractivity contribution in [2.45, 2.75) is 0 Å². The molecule has 5 heteroatoms. The van der Waals surface area contributed by atoms with Crippen LogP contribution >= 0.6 is 15.9 Å². The van der Waals surface area contributed by atoms with Gasteiger partial charge < -0.3 is 0 Å². The highest BCUT2D eigenvalue weighted by Crippen LogP contribution is 2.27. The number of aromatic nitrogens is 3. The van der Waals surface area contributed by atoms with Crippen LogP contribution in [0.15, 0.2) is 94.4 Å². The molecule has 0 atom stereocenters. The van der Waals surface area contributed by atoms with Gasteiger partial charge in [-0.05, 0) is 40.2 Å². The highest BCUT2D eigenvalue weighted by Gasteiger charge is 2.14. The molecule has 4 nitrogen and oxygen atoms in total. The van der Waals surface area contributed by atoms with Gasteiger partial charge in [-0.3, -0.25) is 4.99 Å². The monoisotopic (exact) mass is 402 g/mol. The first-order valence-electron chi connectivity index (χ1n) is 8.18. The predicted octanol–water partition coefficient (Wildman–Crippen LogP) is 5.45. The summed E-state index contributed by atoms with van der Waals surface area (Å²) >= 11 is 3.52. The number of halogens is 1. The molecule has 1 heterocycles. The maximum absolute atomic E-state index is 4.58. The minimum atomic E-state index is 0.718. The average Bonchev–Trinajstić information content (AvgIpc) is 3.13. The number of para-hydroxylation sites is 2. The fourth-order valence-corrected chi connectivity index (χ4v) is 3.07. The van der Waals surface area contributed by atoms with Gasteiger partial charge in [0.2, 0.25) is 0 Å².